The number of hydrogen-bond donors (Lipinski definition) is 2. The molecule has 1 aliphatic heterocycles. The van der Waals surface area contributed by atoms with Crippen LogP contribution in [0, 0.1) is 0 Å². The number of piperidine rings is 1. The van der Waals surface area contributed by atoms with Gasteiger partial charge in [-0.1, -0.05) is 6.42 Å². The molecule has 3 N–H and O–H groups in total. The van der Waals surface area contributed by atoms with Gasteiger partial charge in [-0.25, -0.2) is 0 Å². The highest BCUT2D eigenvalue weighted by Crippen LogP contribution is 2.13. The van der Waals surface area contributed by atoms with Gasteiger partial charge in [-0.05, 0) is 40.2 Å². The number of carbonyl (C=O) groups excluding carboxylic acids is 1. The van der Waals surface area contributed by atoms with E-state index in [1.165, 1.54) is 0 Å². The molecule has 0 saturated carbocycles. The zero-order valence-corrected chi connectivity index (χ0v) is 9.88. The summed E-state index contributed by atoms with van der Waals surface area (Å²) in [5, 5.41) is 3.26. The van der Waals surface area contributed by atoms with Crippen LogP contribution in [0.2, 0.25) is 0 Å². The molecule has 4 heteroatoms. The van der Waals surface area contributed by atoms with E-state index in [0.717, 1.165) is 25.8 Å². The molecular weight excluding hydrogens is 192 g/mol. The Labute approximate surface area is 91.5 Å². The first-order valence-electron chi connectivity index (χ1n) is 5.62. The summed E-state index contributed by atoms with van der Waals surface area (Å²) in [6.45, 7) is 6.50. The van der Waals surface area contributed by atoms with Crippen molar-refractivity contribution in [1.82, 2.24) is 5.32 Å². The summed E-state index contributed by atoms with van der Waals surface area (Å²) in [5.74, 6) is -0.304. The van der Waals surface area contributed by atoms with Gasteiger partial charge in [0.05, 0.1) is 0 Å². The minimum Gasteiger partial charge on any atom is -0.459 e. The summed E-state index contributed by atoms with van der Waals surface area (Å²) in [7, 11) is 0. The van der Waals surface area contributed by atoms with Crippen LogP contribution in [-0.2, 0) is 9.53 Å². The lowest BCUT2D eigenvalue weighted by atomic mass is 9.98. The second-order valence-electron chi connectivity index (χ2n) is 5.12. The number of hydrogen-bond acceptors (Lipinski definition) is 4. The third-order valence-electron chi connectivity index (χ3n) is 2.46. The third kappa shape index (κ3) is 4.18. The van der Waals surface area contributed by atoms with Crippen LogP contribution >= 0.6 is 0 Å². The molecule has 0 aromatic rings. The molecule has 0 amide bonds. The Bertz CT molecular complexity index is 217. The van der Waals surface area contributed by atoms with Gasteiger partial charge in [0.1, 0.15) is 11.6 Å². The summed E-state index contributed by atoms with van der Waals surface area (Å²) in [6, 6.07) is -0.460. The summed E-state index contributed by atoms with van der Waals surface area (Å²) in [4.78, 5) is 11.7. The Morgan fingerprint density at radius 3 is 2.60 bits per heavy atom. The van der Waals surface area contributed by atoms with E-state index in [1.807, 2.05) is 20.8 Å². The first kappa shape index (κ1) is 12.5. The Morgan fingerprint density at radius 2 is 2.13 bits per heavy atom. The van der Waals surface area contributed by atoms with Gasteiger partial charge in [0.2, 0.25) is 0 Å². The number of esters is 1. The highest BCUT2D eigenvalue weighted by atomic mass is 16.6. The topological polar surface area (TPSA) is 64.3 Å². The average Bonchev–Trinajstić information content (AvgIpc) is 2.15. The van der Waals surface area contributed by atoms with Gasteiger partial charge in [-0.15, -0.1) is 0 Å². The quantitative estimate of drug-likeness (QED) is 0.667. The third-order valence-corrected chi connectivity index (χ3v) is 2.46. The van der Waals surface area contributed by atoms with Crippen molar-refractivity contribution in [2.24, 2.45) is 5.73 Å². The van der Waals surface area contributed by atoms with Crippen LogP contribution in [0.3, 0.4) is 0 Å². The lowest BCUT2D eigenvalue weighted by molar-refractivity contribution is -0.157. The molecule has 15 heavy (non-hydrogen) atoms. The van der Waals surface area contributed by atoms with Crippen molar-refractivity contribution < 1.29 is 9.53 Å². The van der Waals surface area contributed by atoms with Gasteiger partial charge in [0.25, 0.3) is 0 Å². The minimum atomic E-state index is -0.537. The lowest BCUT2D eigenvalue weighted by Gasteiger charge is -2.29. The minimum absolute atomic E-state index is 0.0774. The molecule has 1 saturated heterocycles. The van der Waals surface area contributed by atoms with E-state index in [-0.39, 0.29) is 12.0 Å². The summed E-state index contributed by atoms with van der Waals surface area (Å²) < 4.78 is 5.25. The molecule has 0 spiro atoms. The maximum Gasteiger partial charge on any atom is 0.325 e. The molecule has 0 aromatic carbocycles. The highest BCUT2D eigenvalue weighted by molar-refractivity contribution is 5.76. The standard InChI is InChI=1S/C11H22N2O2/c1-11(2,3)15-10(14)9(12)8-6-4-5-7-13-8/h8-9,13H,4-7,12H2,1-3H3/t8-,9?/m0/s1. The van der Waals surface area contributed by atoms with Crippen LogP contribution < -0.4 is 11.1 Å². The molecule has 1 fully saturated rings. The van der Waals surface area contributed by atoms with Crippen LogP contribution in [0.4, 0.5) is 0 Å². The molecule has 1 heterocycles. The summed E-state index contributed by atoms with van der Waals surface area (Å²) >= 11 is 0. The van der Waals surface area contributed by atoms with E-state index in [2.05, 4.69) is 5.32 Å². The van der Waals surface area contributed by atoms with Crippen molar-refractivity contribution in [2.45, 2.75) is 57.7 Å². The molecule has 0 aromatic heterocycles. The molecule has 4 nitrogen and oxygen atoms in total. The number of rotatable bonds is 2. The number of nitrogens with two attached hydrogens (primary N) is 1. The van der Waals surface area contributed by atoms with Gasteiger partial charge in [-0.2, -0.15) is 0 Å². The first-order valence-corrected chi connectivity index (χ1v) is 5.62. The Kier molecular flexibility index (Phi) is 4.11. The van der Waals surface area contributed by atoms with E-state index in [4.69, 9.17) is 10.5 Å². The van der Waals surface area contributed by atoms with E-state index in [0.29, 0.717) is 0 Å². The zero-order valence-electron chi connectivity index (χ0n) is 9.88. The highest BCUT2D eigenvalue weighted by Gasteiger charge is 2.29. The SMILES string of the molecule is CC(C)(C)OC(=O)C(N)[C@@H]1CCCCN1. The monoisotopic (exact) mass is 214 g/mol. The van der Waals surface area contributed by atoms with Crippen molar-refractivity contribution in [1.29, 1.82) is 0 Å². The fraction of sp³-hybridized carbons (Fsp3) is 0.909. The van der Waals surface area contributed by atoms with Crippen molar-refractivity contribution in [3.63, 3.8) is 0 Å². The van der Waals surface area contributed by atoms with Crippen molar-refractivity contribution in [2.75, 3.05) is 6.54 Å². The van der Waals surface area contributed by atoms with Crippen LogP contribution in [0.25, 0.3) is 0 Å². The van der Waals surface area contributed by atoms with Crippen LogP contribution in [0.5, 0.6) is 0 Å². The van der Waals surface area contributed by atoms with Crippen LogP contribution in [-0.4, -0.2) is 30.2 Å². The Balaban J connectivity index is 2.44. The maximum absolute atomic E-state index is 11.7. The van der Waals surface area contributed by atoms with Gasteiger partial charge in [0.15, 0.2) is 0 Å². The van der Waals surface area contributed by atoms with E-state index >= 15 is 0 Å². The fourth-order valence-electron chi connectivity index (χ4n) is 1.72. The molecule has 1 rings (SSSR count). The lowest BCUT2D eigenvalue weighted by Crippen LogP contribution is -2.53. The molecule has 2 atom stereocenters. The zero-order chi connectivity index (χ0) is 11.5. The normalized spacial score (nSPS) is 24.7. The van der Waals surface area contributed by atoms with Crippen molar-refractivity contribution in [3.05, 3.63) is 0 Å². The first-order chi connectivity index (χ1) is 6.90. The second-order valence-corrected chi connectivity index (χ2v) is 5.12. The van der Waals surface area contributed by atoms with Gasteiger partial charge in [0, 0.05) is 6.04 Å². The molecule has 0 radical (unpaired) electrons. The second kappa shape index (κ2) is 4.94. The number of nitrogens with one attached hydrogen (secondary N) is 1. The summed E-state index contributed by atoms with van der Waals surface area (Å²) in [5.41, 5.74) is 5.41. The molecule has 1 unspecified atom stereocenters. The van der Waals surface area contributed by atoms with E-state index in [1.54, 1.807) is 0 Å². The van der Waals surface area contributed by atoms with E-state index < -0.39 is 11.6 Å². The van der Waals surface area contributed by atoms with Crippen molar-refractivity contribution in [3.8, 4) is 0 Å². The molecule has 0 bridgehead atoms. The number of carbonyl (C=O) groups is 1. The molecule has 0 aliphatic carbocycles. The maximum atomic E-state index is 11.7. The summed E-state index contributed by atoms with van der Waals surface area (Å²) in [6.07, 6.45) is 3.26. The largest absolute Gasteiger partial charge is 0.459 e. The molecule has 1 aliphatic rings. The van der Waals surface area contributed by atoms with Crippen LogP contribution in [0.15, 0.2) is 0 Å². The van der Waals surface area contributed by atoms with Crippen LogP contribution in [0.1, 0.15) is 40.0 Å². The Morgan fingerprint density at radius 1 is 1.47 bits per heavy atom. The fourth-order valence-corrected chi connectivity index (χ4v) is 1.72. The van der Waals surface area contributed by atoms with Gasteiger partial charge in [-0.3, -0.25) is 4.79 Å². The van der Waals surface area contributed by atoms with Crippen molar-refractivity contribution >= 4 is 5.97 Å². The molecule has 88 valence electrons. The number of ether oxygens (including phenoxy) is 1. The smallest absolute Gasteiger partial charge is 0.325 e. The Hall–Kier alpha value is -0.610. The van der Waals surface area contributed by atoms with E-state index in [9.17, 15) is 4.79 Å². The average molecular weight is 214 g/mol. The van der Waals surface area contributed by atoms with Gasteiger partial charge < -0.3 is 15.8 Å². The van der Waals surface area contributed by atoms with Gasteiger partial charge >= 0.3 is 5.97 Å². The molecular formula is C11H22N2O2. The predicted octanol–water partition coefficient (Wildman–Crippen LogP) is 0.797. The predicted molar refractivity (Wildman–Crippen MR) is 59.5 cm³/mol.